The summed E-state index contributed by atoms with van der Waals surface area (Å²) in [4.78, 5) is 68.5. The predicted octanol–water partition coefficient (Wildman–Crippen LogP) is 2.85. The normalized spacial score (nSPS) is 25.3. The van der Waals surface area contributed by atoms with E-state index in [0.717, 1.165) is 56.3 Å². The van der Waals surface area contributed by atoms with Gasteiger partial charge in [-0.05, 0) is 65.2 Å². The molecule has 278 valence electrons. The van der Waals surface area contributed by atoms with Crippen molar-refractivity contribution in [2.75, 3.05) is 20.1 Å². The fraction of sp³-hybridized carbons (Fsp3) is 0.743. The number of Topliss-reactive ketones (excluding diaryl/α,β-unsaturated/α-hetero) is 1. The number of rotatable bonds is 14. The van der Waals surface area contributed by atoms with Crippen LogP contribution in [0.3, 0.4) is 0 Å². The Bertz CT molecular complexity index is 1560. The maximum atomic E-state index is 14.5. The summed E-state index contributed by atoms with van der Waals surface area (Å²) in [6.07, 6.45) is 6.49. The summed E-state index contributed by atoms with van der Waals surface area (Å²) >= 11 is 1.12. The molecule has 0 bridgehead atoms. The number of primary amides is 1. The van der Waals surface area contributed by atoms with Crippen molar-refractivity contribution in [3.8, 4) is 0 Å². The van der Waals surface area contributed by atoms with Crippen LogP contribution in [0.25, 0.3) is 0 Å². The van der Waals surface area contributed by atoms with Crippen LogP contribution in [0, 0.1) is 34.5 Å². The number of carbonyl (C=O) groups excluding carboxylic acids is 5. The fourth-order valence-corrected chi connectivity index (χ4v) is 10.6. The molecule has 0 aromatic carbocycles. The zero-order valence-corrected chi connectivity index (χ0v) is 31.7. The monoisotopic (exact) mass is 734 g/mol. The van der Waals surface area contributed by atoms with E-state index in [2.05, 4.69) is 29.8 Å². The van der Waals surface area contributed by atoms with Crippen LogP contribution in [0.15, 0.2) is 21.7 Å². The van der Waals surface area contributed by atoms with Crippen molar-refractivity contribution in [1.29, 1.82) is 0 Å². The van der Waals surface area contributed by atoms with Gasteiger partial charge in [-0.2, -0.15) is 4.31 Å². The third kappa shape index (κ3) is 7.89. The summed E-state index contributed by atoms with van der Waals surface area (Å²) in [6.45, 7) is 10.2. The number of nitrogens with two attached hydrogens (primary N) is 1. The highest BCUT2D eigenvalue weighted by Gasteiger charge is 2.69. The molecule has 13 nitrogen and oxygen atoms in total. The number of amides is 5. The summed E-state index contributed by atoms with van der Waals surface area (Å²) in [5.41, 5.74) is 4.63. The molecule has 5 rings (SSSR count). The highest BCUT2D eigenvalue weighted by Crippen LogP contribution is 2.65. The molecule has 0 radical (unpaired) electrons. The van der Waals surface area contributed by atoms with E-state index in [9.17, 15) is 32.4 Å². The van der Waals surface area contributed by atoms with Gasteiger partial charge < -0.3 is 26.6 Å². The SMILES string of the molecule is CN(C[C@@H](NC(=O)N[C@H](C(=O)N1C[C@H]2[C@@H]([C@H]1C(=O)NC(CC1CCC1)C(=O)C(N)=O)C2(C)C)C1CCCC1)C(C)(C)C)S(=O)(=O)c1cccs1. The van der Waals surface area contributed by atoms with Gasteiger partial charge in [0.1, 0.15) is 16.3 Å². The van der Waals surface area contributed by atoms with E-state index in [-0.39, 0.29) is 45.7 Å². The molecule has 5 amide bonds. The van der Waals surface area contributed by atoms with Crippen LogP contribution in [0.2, 0.25) is 0 Å². The lowest BCUT2D eigenvalue weighted by Crippen LogP contribution is -2.61. The third-order valence-electron chi connectivity index (χ3n) is 11.8. The van der Waals surface area contributed by atoms with Crippen LogP contribution >= 0.6 is 11.3 Å². The first-order valence-electron chi connectivity index (χ1n) is 17.9. The number of carbonyl (C=O) groups is 5. The quantitative estimate of drug-likeness (QED) is 0.212. The molecular formula is C35H54N6O7S2. The molecule has 3 saturated carbocycles. The Hall–Kier alpha value is -3.04. The average molecular weight is 735 g/mol. The minimum absolute atomic E-state index is 0.0120. The second-order valence-corrected chi connectivity index (χ2v) is 19.7. The van der Waals surface area contributed by atoms with E-state index < -0.39 is 63.2 Å². The van der Waals surface area contributed by atoms with Gasteiger partial charge in [0.15, 0.2) is 0 Å². The van der Waals surface area contributed by atoms with Gasteiger partial charge in [-0.3, -0.25) is 19.2 Å². The van der Waals surface area contributed by atoms with E-state index in [1.807, 2.05) is 20.8 Å². The number of piperidine rings is 1. The Morgan fingerprint density at radius 2 is 1.70 bits per heavy atom. The van der Waals surface area contributed by atoms with Crippen LogP contribution in [0.5, 0.6) is 0 Å². The zero-order chi connectivity index (χ0) is 36.8. The maximum absolute atomic E-state index is 14.5. The molecular weight excluding hydrogens is 681 g/mol. The van der Waals surface area contributed by atoms with Crippen LogP contribution in [-0.4, -0.2) is 91.5 Å². The summed E-state index contributed by atoms with van der Waals surface area (Å²) < 4.78 is 27.8. The Morgan fingerprint density at radius 3 is 2.24 bits per heavy atom. The number of likely N-dealkylation sites (N-methyl/N-ethyl adjacent to an activating group) is 1. The third-order valence-corrected chi connectivity index (χ3v) is 15.0. The molecule has 5 N–H and O–H groups in total. The van der Waals surface area contributed by atoms with E-state index in [4.69, 9.17) is 5.73 Å². The van der Waals surface area contributed by atoms with Crippen molar-refractivity contribution in [2.45, 2.75) is 114 Å². The van der Waals surface area contributed by atoms with Crippen molar-refractivity contribution < 1.29 is 32.4 Å². The standard InChI is InChI=1S/C35H54N6O7S2/c1-34(2,3)24(19-40(6)50(47,48)25-15-10-16-49-25)38-33(46)39-27(21-13-7-8-14-21)32(45)41-18-22-26(35(22,4)5)28(41)31(44)37-23(29(42)30(36)43)17-20-11-9-12-20/h10,15-16,20-24,26-28H,7-9,11-14,17-19H2,1-6H3,(H2,36,43)(H,37,44)(H2,38,39,46)/t22-,23?,24+,26-,27-,28-/m0/s1. The summed E-state index contributed by atoms with van der Waals surface area (Å²) in [5.74, 6) is -2.75. The number of thiophene rings is 1. The molecule has 4 fully saturated rings. The Balaban J connectivity index is 1.33. The molecule has 6 atom stereocenters. The number of ketones is 1. The lowest BCUT2D eigenvalue weighted by atomic mass is 9.80. The lowest BCUT2D eigenvalue weighted by molar-refractivity contribution is -0.144. The molecule has 1 aromatic heterocycles. The smallest absolute Gasteiger partial charge is 0.315 e. The second-order valence-electron chi connectivity index (χ2n) is 16.5. The molecule has 50 heavy (non-hydrogen) atoms. The first-order chi connectivity index (χ1) is 23.3. The number of sulfonamides is 1. The zero-order valence-electron chi connectivity index (χ0n) is 30.1. The van der Waals surface area contributed by atoms with Crippen LogP contribution in [0.4, 0.5) is 4.79 Å². The molecule has 1 aliphatic heterocycles. The molecule has 1 unspecified atom stereocenters. The van der Waals surface area contributed by atoms with Gasteiger partial charge in [0.05, 0.1) is 6.04 Å². The van der Waals surface area contributed by atoms with Crippen LogP contribution in [0.1, 0.15) is 86.0 Å². The minimum Gasteiger partial charge on any atom is -0.363 e. The van der Waals surface area contributed by atoms with Gasteiger partial charge in [-0.1, -0.05) is 72.8 Å². The molecule has 4 aliphatic rings. The van der Waals surface area contributed by atoms with Gasteiger partial charge >= 0.3 is 6.03 Å². The van der Waals surface area contributed by atoms with Crippen LogP contribution in [-0.2, 0) is 29.2 Å². The largest absolute Gasteiger partial charge is 0.363 e. The van der Waals surface area contributed by atoms with Crippen molar-refractivity contribution in [3.05, 3.63) is 17.5 Å². The average Bonchev–Trinajstić information content (AvgIpc) is 3.65. The Kier molecular flexibility index (Phi) is 11.1. The van der Waals surface area contributed by atoms with Crippen molar-refractivity contribution >= 4 is 50.9 Å². The molecule has 0 spiro atoms. The topological polar surface area (TPSA) is 188 Å². The van der Waals surface area contributed by atoms with Crippen LogP contribution < -0.4 is 21.7 Å². The Morgan fingerprint density at radius 1 is 1.04 bits per heavy atom. The molecule has 1 saturated heterocycles. The number of hydrogen-bond donors (Lipinski definition) is 4. The van der Waals surface area contributed by atoms with E-state index in [1.54, 1.807) is 22.4 Å². The molecule has 2 heterocycles. The van der Waals surface area contributed by atoms with Crippen molar-refractivity contribution in [3.63, 3.8) is 0 Å². The second kappa shape index (κ2) is 14.5. The first kappa shape index (κ1) is 38.2. The van der Waals surface area contributed by atoms with Crippen molar-refractivity contribution in [1.82, 2.24) is 25.2 Å². The summed E-state index contributed by atoms with van der Waals surface area (Å²) in [7, 11) is -2.28. The number of urea groups is 1. The highest BCUT2D eigenvalue weighted by molar-refractivity contribution is 7.91. The number of nitrogens with one attached hydrogen (secondary N) is 3. The minimum atomic E-state index is -3.76. The number of fused-ring (bicyclic) bond motifs is 1. The summed E-state index contributed by atoms with van der Waals surface area (Å²) in [6, 6.07) is -0.785. The van der Waals surface area contributed by atoms with Gasteiger partial charge in [0.2, 0.25) is 17.6 Å². The maximum Gasteiger partial charge on any atom is 0.315 e. The van der Waals surface area contributed by atoms with E-state index in [1.165, 1.54) is 11.4 Å². The number of hydrogen-bond acceptors (Lipinski definition) is 8. The van der Waals surface area contributed by atoms with Crippen molar-refractivity contribution in [2.24, 2.45) is 40.2 Å². The molecule has 15 heteroatoms. The highest BCUT2D eigenvalue weighted by atomic mass is 32.2. The van der Waals surface area contributed by atoms with Gasteiger partial charge in [0.25, 0.3) is 15.9 Å². The molecule has 3 aliphatic carbocycles. The fourth-order valence-electron chi connectivity index (χ4n) is 8.18. The van der Waals surface area contributed by atoms with Gasteiger partial charge in [0, 0.05) is 26.2 Å². The van der Waals surface area contributed by atoms with Gasteiger partial charge in [-0.15, -0.1) is 11.3 Å². The number of nitrogens with zero attached hydrogens (tertiary/aromatic N) is 2. The first-order valence-corrected chi connectivity index (χ1v) is 20.2. The van der Waals surface area contributed by atoms with E-state index in [0.29, 0.717) is 13.0 Å². The Labute approximate surface area is 299 Å². The summed E-state index contributed by atoms with van der Waals surface area (Å²) in [5, 5.41) is 10.4. The van der Waals surface area contributed by atoms with Gasteiger partial charge in [-0.25, -0.2) is 13.2 Å². The molecule has 1 aromatic rings. The predicted molar refractivity (Wildman–Crippen MR) is 189 cm³/mol. The lowest BCUT2D eigenvalue weighted by Gasteiger charge is -2.37. The number of likely N-dealkylation sites (tertiary alicyclic amines) is 1. The van der Waals surface area contributed by atoms with E-state index >= 15 is 0 Å².